The molecule has 0 aliphatic carbocycles. The second-order valence-electron chi connectivity index (χ2n) is 4.72. The number of likely N-dealkylation sites (N-methyl/N-ethyl adjacent to an activating group) is 1. The molecule has 0 unspecified atom stereocenters. The van der Waals surface area contributed by atoms with Gasteiger partial charge in [-0.25, -0.2) is 0 Å². The van der Waals surface area contributed by atoms with E-state index in [2.05, 4.69) is 5.32 Å². The van der Waals surface area contributed by atoms with Crippen LogP contribution in [0, 0.1) is 6.92 Å². The summed E-state index contributed by atoms with van der Waals surface area (Å²) in [4.78, 5) is 28.3. The van der Waals surface area contributed by atoms with Crippen LogP contribution in [0.5, 0.6) is 0 Å². The van der Waals surface area contributed by atoms with Crippen molar-refractivity contribution in [3.05, 3.63) is 21.9 Å². The van der Waals surface area contributed by atoms with Gasteiger partial charge in [0.15, 0.2) is 0 Å². The van der Waals surface area contributed by atoms with Gasteiger partial charge in [0.25, 0.3) is 5.91 Å². The number of nitrogens with one attached hydrogen (secondary N) is 1. The Morgan fingerprint density at radius 2 is 2.11 bits per heavy atom. The summed E-state index contributed by atoms with van der Waals surface area (Å²) in [6.07, 6.45) is 0. The Kier molecular flexibility index (Phi) is 4.55. The standard InChI is InChI=1S/C13H19N3O2S/c1-10-3-8-19-12(10)13(18)15(2)9-11(17)16-6-4-14-5-7-16/h3,8,14H,4-7,9H2,1-2H3. The Balaban J connectivity index is 1.93. The first-order chi connectivity index (χ1) is 9.09. The fourth-order valence-corrected chi connectivity index (χ4v) is 2.97. The monoisotopic (exact) mass is 281 g/mol. The molecule has 0 atom stereocenters. The zero-order chi connectivity index (χ0) is 13.8. The molecule has 0 aromatic carbocycles. The highest BCUT2D eigenvalue weighted by Crippen LogP contribution is 2.17. The lowest BCUT2D eigenvalue weighted by Crippen LogP contribution is -2.49. The molecule has 5 nitrogen and oxygen atoms in total. The minimum Gasteiger partial charge on any atom is -0.339 e. The summed E-state index contributed by atoms with van der Waals surface area (Å²) in [6.45, 7) is 5.16. The number of rotatable bonds is 3. The Bertz CT molecular complexity index is 466. The fourth-order valence-electron chi connectivity index (χ4n) is 2.05. The van der Waals surface area contributed by atoms with Crippen molar-refractivity contribution in [1.82, 2.24) is 15.1 Å². The average Bonchev–Trinajstić information content (AvgIpc) is 2.85. The summed E-state index contributed by atoms with van der Waals surface area (Å²) in [7, 11) is 1.68. The van der Waals surface area contributed by atoms with E-state index in [1.54, 1.807) is 7.05 Å². The van der Waals surface area contributed by atoms with E-state index < -0.39 is 0 Å². The maximum absolute atomic E-state index is 12.2. The zero-order valence-electron chi connectivity index (χ0n) is 11.3. The van der Waals surface area contributed by atoms with Crippen LogP contribution in [0.25, 0.3) is 0 Å². The molecular weight excluding hydrogens is 262 g/mol. The van der Waals surface area contributed by atoms with E-state index in [0.29, 0.717) is 0 Å². The topological polar surface area (TPSA) is 52.7 Å². The van der Waals surface area contributed by atoms with Crippen LogP contribution >= 0.6 is 11.3 Å². The van der Waals surface area contributed by atoms with Crippen LogP contribution in [-0.2, 0) is 4.79 Å². The molecule has 1 fully saturated rings. The first-order valence-corrected chi connectivity index (χ1v) is 7.25. The third-order valence-corrected chi connectivity index (χ3v) is 4.25. The van der Waals surface area contributed by atoms with E-state index in [4.69, 9.17) is 0 Å². The minimum atomic E-state index is -0.0732. The predicted octanol–water partition coefficient (Wildman–Crippen LogP) is 0.560. The molecule has 0 saturated carbocycles. The molecular formula is C13H19N3O2S. The molecule has 0 spiro atoms. The first-order valence-electron chi connectivity index (χ1n) is 6.37. The smallest absolute Gasteiger partial charge is 0.264 e. The number of nitrogens with zero attached hydrogens (tertiary/aromatic N) is 2. The summed E-state index contributed by atoms with van der Waals surface area (Å²) in [5, 5.41) is 5.10. The lowest BCUT2D eigenvalue weighted by molar-refractivity contribution is -0.132. The lowest BCUT2D eigenvalue weighted by atomic mass is 10.2. The molecule has 1 N–H and O–H groups in total. The van der Waals surface area contributed by atoms with Gasteiger partial charge in [-0.2, -0.15) is 0 Å². The molecule has 2 heterocycles. The molecule has 2 amide bonds. The van der Waals surface area contributed by atoms with E-state index >= 15 is 0 Å². The van der Waals surface area contributed by atoms with Crippen molar-refractivity contribution in [2.75, 3.05) is 39.8 Å². The Labute approximate surface area is 117 Å². The van der Waals surface area contributed by atoms with Crippen LogP contribution in [0.1, 0.15) is 15.2 Å². The number of amides is 2. The van der Waals surface area contributed by atoms with Crippen molar-refractivity contribution >= 4 is 23.2 Å². The van der Waals surface area contributed by atoms with Crippen molar-refractivity contribution in [3.63, 3.8) is 0 Å². The van der Waals surface area contributed by atoms with Crippen LogP contribution in [-0.4, -0.2) is 61.4 Å². The van der Waals surface area contributed by atoms with Crippen LogP contribution in [0.15, 0.2) is 11.4 Å². The third kappa shape index (κ3) is 3.33. The largest absolute Gasteiger partial charge is 0.339 e. The van der Waals surface area contributed by atoms with Gasteiger partial charge in [0, 0.05) is 33.2 Å². The molecule has 6 heteroatoms. The molecule has 1 saturated heterocycles. The average molecular weight is 281 g/mol. The number of hydrogen-bond acceptors (Lipinski definition) is 4. The van der Waals surface area contributed by atoms with Gasteiger partial charge in [-0.1, -0.05) is 0 Å². The zero-order valence-corrected chi connectivity index (χ0v) is 12.1. The number of aryl methyl sites for hydroxylation is 1. The maximum Gasteiger partial charge on any atom is 0.264 e. The first kappa shape index (κ1) is 14.0. The van der Waals surface area contributed by atoms with Gasteiger partial charge in [-0.15, -0.1) is 11.3 Å². The highest BCUT2D eigenvalue weighted by atomic mass is 32.1. The highest BCUT2D eigenvalue weighted by molar-refractivity contribution is 7.12. The van der Waals surface area contributed by atoms with Crippen LogP contribution in [0.4, 0.5) is 0 Å². The molecule has 104 valence electrons. The van der Waals surface area contributed by atoms with Gasteiger partial charge >= 0.3 is 0 Å². The molecule has 2 rings (SSSR count). The second-order valence-corrected chi connectivity index (χ2v) is 5.64. The van der Waals surface area contributed by atoms with Crippen LogP contribution < -0.4 is 5.32 Å². The summed E-state index contributed by atoms with van der Waals surface area (Å²) in [5.74, 6) is -0.0532. The van der Waals surface area contributed by atoms with Crippen molar-refractivity contribution in [2.45, 2.75) is 6.92 Å². The fraction of sp³-hybridized carbons (Fsp3) is 0.538. The third-order valence-electron chi connectivity index (χ3n) is 3.25. The summed E-state index contributed by atoms with van der Waals surface area (Å²) in [5.41, 5.74) is 0.969. The van der Waals surface area contributed by atoms with Gasteiger partial charge in [-0.05, 0) is 23.9 Å². The van der Waals surface area contributed by atoms with Crippen molar-refractivity contribution in [3.8, 4) is 0 Å². The Morgan fingerprint density at radius 1 is 1.42 bits per heavy atom. The predicted molar refractivity (Wildman–Crippen MR) is 75.5 cm³/mol. The van der Waals surface area contributed by atoms with Crippen molar-refractivity contribution < 1.29 is 9.59 Å². The number of carbonyl (C=O) groups excluding carboxylic acids is 2. The van der Waals surface area contributed by atoms with Gasteiger partial charge in [0.1, 0.15) is 0 Å². The van der Waals surface area contributed by atoms with Crippen LogP contribution in [0.2, 0.25) is 0 Å². The van der Waals surface area contributed by atoms with Gasteiger partial charge in [0.05, 0.1) is 11.4 Å². The van der Waals surface area contributed by atoms with Gasteiger partial charge in [-0.3, -0.25) is 9.59 Å². The van der Waals surface area contributed by atoms with E-state index in [1.165, 1.54) is 16.2 Å². The van der Waals surface area contributed by atoms with Gasteiger partial charge in [0.2, 0.25) is 5.91 Å². The number of piperazine rings is 1. The number of hydrogen-bond donors (Lipinski definition) is 1. The van der Waals surface area contributed by atoms with Gasteiger partial charge < -0.3 is 15.1 Å². The number of carbonyl (C=O) groups is 2. The Morgan fingerprint density at radius 3 is 2.68 bits per heavy atom. The molecule has 1 aliphatic heterocycles. The normalized spacial score (nSPS) is 15.4. The molecule has 19 heavy (non-hydrogen) atoms. The molecule has 1 aromatic rings. The van der Waals surface area contributed by atoms with E-state index in [0.717, 1.165) is 36.6 Å². The SMILES string of the molecule is Cc1ccsc1C(=O)N(C)CC(=O)N1CCNCC1. The molecule has 1 aromatic heterocycles. The molecule has 0 bridgehead atoms. The lowest BCUT2D eigenvalue weighted by Gasteiger charge is -2.29. The second kappa shape index (κ2) is 6.16. The van der Waals surface area contributed by atoms with Crippen LogP contribution in [0.3, 0.4) is 0 Å². The molecule has 0 radical (unpaired) electrons. The molecule has 1 aliphatic rings. The number of thiophene rings is 1. The Hall–Kier alpha value is -1.40. The maximum atomic E-state index is 12.2. The van der Waals surface area contributed by atoms with Crippen molar-refractivity contribution in [1.29, 1.82) is 0 Å². The van der Waals surface area contributed by atoms with Crippen molar-refractivity contribution in [2.24, 2.45) is 0 Å². The summed E-state index contributed by atoms with van der Waals surface area (Å²) < 4.78 is 0. The van der Waals surface area contributed by atoms with E-state index in [1.807, 2.05) is 23.3 Å². The minimum absolute atomic E-state index is 0.0200. The summed E-state index contributed by atoms with van der Waals surface area (Å²) >= 11 is 1.42. The quantitative estimate of drug-likeness (QED) is 0.881. The van der Waals surface area contributed by atoms with E-state index in [9.17, 15) is 9.59 Å². The highest BCUT2D eigenvalue weighted by Gasteiger charge is 2.21. The van der Waals surface area contributed by atoms with E-state index in [-0.39, 0.29) is 18.4 Å². The summed E-state index contributed by atoms with van der Waals surface area (Å²) in [6, 6.07) is 1.92.